The van der Waals surface area contributed by atoms with Gasteiger partial charge in [-0.2, -0.15) is 0 Å². The van der Waals surface area contributed by atoms with Gasteiger partial charge >= 0.3 is 5.69 Å². The van der Waals surface area contributed by atoms with Gasteiger partial charge in [0.15, 0.2) is 0 Å². The highest BCUT2D eigenvalue weighted by molar-refractivity contribution is 6.29. The van der Waals surface area contributed by atoms with Crippen LogP contribution in [0.5, 0.6) is 0 Å². The molecule has 0 atom stereocenters. The third-order valence-electron chi connectivity index (χ3n) is 1.94. The molecule has 94 valence electrons. The van der Waals surface area contributed by atoms with Crippen molar-refractivity contribution in [1.82, 2.24) is 9.55 Å². The molecule has 0 saturated heterocycles. The Balaban J connectivity index is 3.11. The smallest absolute Gasteiger partial charge is 0.329 e. The molecule has 0 aliphatic heterocycles. The first-order chi connectivity index (χ1) is 8.08. The summed E-state index contributed by atoms with van der Waals surface area (Å²) in [5, 5.41) is 2.37. The van der Waals surface area contributed by atoms with E-state index in [1.807, 2.05) is 0 Å². The van der Waals surface area contributed by atoms with Crippen LogP contribution in [0.1, 0.15) is 0 Å². The number of nitrogens with one attached hydrogen (secondary N) is 2. The summed E-state index contributed by atoms with van der Waals surface area (Å²) in [6.45, 7) is 0.486. The van der Waals surface area contributed by atoms with Crippen LogP contribution in [0, 0.1) is 0 Å². The third-order valence-corrected chi connectivity index (χ3v) is 2.18. The van der Waals surface area contributed by atoms with Crippen molar-refractivity contribution in [3.05, 3.63) is 26.9 Å². The number of amides is 1. The van der Waals surface area contributed by atoms with Crippen molar-refractivity contribution in [1.29, 1.82) is 0 Å². The molecule has 0 saturated carbocycles. The van der Waals surface area contributed by atoms with E-state index in [0.29, 0.717) is 0 Å². The fraction of sp³-hybridized carbons (Fsp3) is 0.444. The fourth-order valence-electron chi connectivity index (χ4n) is 1.20. The van der Waals surface area contributed by atoms with Gasteiger partial charge in [-0.3, -0.25) is 19.1 Å². The maximum Gasteiger partial charge on any atom is 0.329 e. The first kappa shape index (κ1) is 13.5. The average Bonchev–Trinajstić information content (AvgIpc) is 2.27. The van der Waals surface area contributed by atoms with E-state index in [0.717, 1.165) is 6.07 Å². The Labute approximate surface area is 101 Å². The van der Waals surface area contributed by atoms with E-state index in [1.165, 1.54) is 11.7 Å². The number of methoxy groups -OCH3 is 1. The van der Waals surface area contributed by atoms with Gasteiger partial charge in [0, 0.05) is 13.2 Å². The second-order valence-corrected chi connectivity index (χ2v) is 3.42. The Morgan fingerprint density at radius 1 is 1.59 bits per heavy atom. The Morgan fingerprint density at radius 3 is 2.88 bits per heavy atom. The molecule has 0 aromatic carbocycles. The zero-order valence-electron chi connectivity index (χ0n) is 9.16. The molecule has 7 nitrogen and oxygen atoms in total. The largest absolute Gasteiger partial charge is 0.383 e. The first-order valence-corrected chi connectivity index (χ1v) is 5.31. The van der Waals surface area contributed by atoms with E-state index in [-0.39, 0.29) is 24.8 Å². The number of halogens is 1. The molecule has 8 heteroatoms. The molecule has 2 N–H and O–H groups in total. The van der Waals surface area contributed by atoms with Crippen LogP contribution in [0.25, 0.3) is 0 Å². The van der Waals surface area contributed by atoms with Crippen LogP contribution in [0.3, 0.4) is 0 Å². The normalized spacial score (nSPS) is 10.2. The van der Waals surface area contributed by atoms with Crippen LogP contribution in [0.15, 0.2) is 15.7 Å². The van der Waals surface area contributed by atoms with Crippen LogP contribution >= 0.6 is 11.6 Å². The van der Waals surface area contributed by atoms with E-state index in [2.05, 4.69) is 10.3 Å². The van der Waals surface area contributed by atoms with Crippen molar-refractivity contribution in [3.8, 4) is 0 Å². The molecule has 0 aliphatic carbocycles. The minimum Gasteiger partial charge on any atom is -0.383 e. The van der Waals surface area contributed by atoms with Crippen LogP contribution < -0.4 is 16.6 Å². The number of carbonyl (C=O) groups excluding carboxylic acids is 1. The highest BCUT2D eigenvalue weighted by Gasteiger charge is 2.08. The molecule has 1 amide bonds. The van der Waals surface area contributed by atoms with Crippen LogP contribution in [-0.2, 0) is 16.1 Å². The summed E-state index contributed by atoms with van der Waals surface area (Å²) in [5.41, 5.74) is -1.20. The summed E-state index contributed by atoms with van der Waals surface area (Å²) in [6, 6.07) is 1.11. The predicted molar refractivity (Wildman–Crippen MR) is 62.5 cm³/mol. The Morgan fingerprint density at radius 2 is 2.29 bits per heavy atom. The fourth-order valence-corrected chi connectivity index (χ4v) is 1.27. The lowest BCUT2D eigenvalue weighted by molar-refractivity contribution is -0.114. The van der Waals surface area contributed by atoms with E-state index >= 15 is 0 Å². The van der Waals surface area contributed by atoms with Crippen molar-refractivity contribution in [2.45, 2.75) is 6.54 Å². The van der Waals surface area contributed by atoms with Crippen LogP contribution in [0.4, 0.5) is 5.82 Å². The summed E-state index contributed by atoms with van der Waals surface area (Å²) in [7, 11) is 1.48. The number of anilines is 1. The molecular weight excluding hydrogens is 250 g/mol. The number of aromatic nitrogens is 2. The maximum absolute atomic E-state index is 11.5. The van der Waals surface area contributed by atoms with Gasteiger partial charge in [-0.05, 0) is 0 Å². The number of rotatable bonds is 5. The van der Waals surface area contributed by atoms with E-state index in [9.17, 15) is 14.4 Å². The van der Waals surface area contributed by atoms with Gasteiger partial charge in [-0.15, -0.1) is 11.6 Å². The van der Waals surface area contributed by atoms with Crippen molar-refractivity contribution < 1.29 is 9.53 Å². The van der Waals surface area contributed by atoms with Gasteiger partial charge in [0.25, 0.3) is 5.56 Å². The zero-order valence-corrected chi connectivity index (χ0v) is 9.91. The van der Waals surface area contributed by atoms with Crippen molar-refractivity contribution in [3.63, 3.8) is 0 Å². The number of H-pyrrole nitrogens is 1. The van der Waals surface area contributed by atoms with Gasteiger partial charge in [-0.25, -0.2) is 4.79 Å². The lowest BCUT2D eigenvalue weighted by atomic mass is 10.5. The van der Waals surface area contributed by atoms with Crippen molar-refractivity contribution in [2.24, 2.45) is 0 Å². The van der Waals surface area contributed by atoms with Gasteiger partial charge in [0.05, 0.1) is 13.2 Å². The predicted octanol–water partition coefficient (Wildman–Crippen LogP) is -0.640. The number of hydrogen-bond donors (Lipinski definition) is 2. The Bertz CT molecular complexity index is 508. The van der Waals surface area contributed by atoms with Gasteiger partial charge < -0.3 is 10.1 Å². The molecule has 0 bridgehead atoms. The zero-order chi connectivity index (χ0) is 12.8. The van der Waals surface area contributed by atoms with Crippen molar-refractivity contribution >= 4 is 23.3 Å². The quantitative estimate of drug-likeness (QED) is 0.690. The minimum absolute atomic E-state index is 0.0986. The summed E-state index contributed by atoms with van der Waals surface area (Å²) < 4.78 is 6.02. The minimum atomic E-state index is -0.612. The van der Waals surface area contributed by atoms with Gasteiger partial charge in [-0.1, -0.05) is 0 Å². The number of aromatic amines is 1. The summed E-state index contributed by atoms with van der Waals surface area (Å²) in [5.74, 6) is -0.657. The second kappa shape index (κ2) is 6.21. The number of ether oxygens (including phenoxy) is 1. The molecule has 0 spiro atoms. The number of hydrogen-bond acceptors (Lipinski definition) is 4. The molecule has 1 rings (SSSR count). The van der Waals surface area contributed by atoms with Crippen molar-refractivity contribution in [2.75, 3.05) is 24.9 Å². The monoisotopic (exact) mass is 261 g/mol. The topological polar surface area (TPSA) is 93.2 Å². The van der Waals surface area contributed by atoms with Gasteiger partial charge in [0.1, 0.15) is 11.7 Å². The number of nitrogens with zero attached hydrogens (tertiary/aromatic N) is 1. The third kappa shape index (κ3) is 3.72. The van der Waals surface area contributed by atoms with E-state index < -0.39 is 17.2 Å². The molecular formula is C9H12ClN3O4. The number of alkyl halides is 1. The van der Waals surface area contributed by atoms with Gasteiger partial charge in [0.2, 0.25) is 5.91 Å². The molecule has 0 unspecified atom stereocenters. The standard InChI is InChI=1S/C9H12ClN3O4/c1-17-3-2-13-6(11-8(15)5-10)4-7(14)12-9(13)16/h4H,2-3,5H2,1H3,(H,11,15)(H,12,14,16). The summed E-state index contributed by atoms with van der Waals surface area (Å²) in [4.78, 5) is 35.8. The molecule has 1 aromatic rings. The Kier molecular flexibility index (Phi) is 4.92. The first-order valence-electron chi connectivity index (χ1n) is 4.77. The van der Waals surface area contributed by atoms with E-state index in [1.54, 1.807) is 0 Å². The molecule has 0 fully saturated rings. The second-order valence-electron chi connectivity index (χ2n) is 3.15. The van der Waals surface area contributed by atoms with E-state index in [4.69, 9.17) is 16.3 Å². The highest BCUT2D eigenvalue weighted by Crippen LogP contribution is 2.00. The lowest BCUT2D eigenvalue weighted by Crippen LogP contribution is -2.33. The summed E-state index contributed by atoms with van der Waals surface area (Å²) >= 11 is 5.33. The molecule has 1 heterocycles. The number of carbonyl (C=O) groups is 1. The highest BCUT2D eigenvalue weighted by atomic mass is 35.5. The maximum atomic E-state index is 11.5. The van der Waals surface area contributed by atoms with Crippen LogP contribution in [0.2, 0.25) is 0 Å². The molecule has 1 aromatic heterocycles. The van der Waals surface area contributed by atoms with Crippen LogP contribution in [-0.4, -0.2) is 35.1 Å². The molecule has 17 heavy (non-hydrogen) atoms. The SMILES string of the molecule is COCCn1c(NC(=O)CCl)cc(=O)[nH]c1=O. The lowest BCUT2D eigenvalue weighted by Gasteiger charge is -2.11. The average molecular weight is 262 g/mol. The Hall–Kier alpha value is -1.60. The summed E-state index contributed by atoms with van der Waals surface area (Å²) in [6.07, 6.45) is 0. The molecule has 0 aliphatic rings. The molecule has 0 radical (unpaired) electrons.